The van der Waals surface area contributed by atoms with Crippen LogP contribution < -0.4 is 20.7 Å². The minimum absolute atomic E-state index is 0.0928. The summed E-state index contributed by atoms with van der Waals surface area (Å²) in [5, 5.41) is 9.19. The van der Waals surface area contributed by atoms with Crippen molar-refractivity contribution in [2.24, 2.45) is 0 Å². The van der Waals surface area contributed by atoms with Gasteiger partial charge in [0.05, 0.1) is 38.4 Å². The average molecular weight is 745 g/mol. The standard InChI is InChI=1S/C40H49N4O8P/c1-28(2)44(29(3)4)53(50-18-12-17-41)52-36-22-38(43-23-30(5)39(45)42-40(43)46)51-37(36)27-47-24-33-19-34(48-25-31-13-8-6-9-14-31)21-35(20-33)49-26-32-15-10-7-11-16-32/h6-11,13-16,19-21,23,28-29,36-38H,12,18,22,24-27H2,1-5H3,(H,42,45,46)/t36-,37+,38+,53?/m0/s1. The van der Waals surface area contributed by atoms with Crippen molar-refractivity contribution in [2.45, 2.75) is 97.8 Å². The molecule has 1 saturated heterocycles. The SMILES string of the molecule is Cc1cn([C@H]2C[C@H](OP(OCCC#N)N(C(C)C)C(C)C)[C@@H](COCc3cc(OCc4ccccc4)cc(OCc4ccccc4)c3)O2)c(=O)[nH]c1=O. The van der Waals surface area contributed by atoms with Gasteiger partial charge in [-0.1, -0.05) is 60.7 Å². The van der Waals surface area contributed by atoms with Crippen molar-refractivity contribution in [3.05, 3.63) is 128 Å². The third kappa shape index (κ3) is 11.6. The first kappa shape index (κ1) is 39.9. The molecule has 1 fully saturated rings. The van der Waals surface area contributed by atoms with Crippen LogP contribution in [-0.4, -0.2) is 51.7 Å². The van der Waals surface area contributed by atoms with Gasteiger partial charge in [0.25, 0.3) is 14.1 Å². The Morgan fingerprint density at radius 2 is 1.51 bits per heavy atom. The molecule has 12 nitrogen and oxygen atoms in total. The van der Waals surface area contributed by atoms with Crippen molar-refractivity contribution >= 4 is 8.53 Å². The maximum atomic E-state index is 12.9. The third-order valence-electron chi connectivity index (χ3n) is 8.51. The molecule has 0 bridgehead atoms. The van der Waals surface area contributed by atoms with Gasteiger partial charge in [0.15, 0.2) is 0 Å². The number of aromatic amines is 1. The van der Waals surface area contributed by atoms with Crippen molar-refractivity contribution in [2.75, 3.05) is 13.2 Å². The predicted molar refractivity (Wildman–Crippen MR) is 202 cm³/mol. The van der Waals surface area contributed by atoms with E-state index < -0.39 is 38.2 Å². The van der Waals surface area contributed by atoms with Gasteiger partial charge in [-0.05, 0) is 63.4 Å². The lowest BCUT2D eigenvalue weighted by Crippen LogP contribution is -2.36. The van der Waals surface area contributed by atoms with E-state index >= 15 is 0 Å². The molecule has 4 atom stereocenters. The van der Waals surface area contributed by atoms with Crippen LogP contribution in [0.5, 0.6) is 11.5 Å². The Hall–Kier alpha value is -4.34. The van der Waals surface area contributed by atoms with E-state index in [0.29, 0.717) is 36.7 Å². The highest BCUT2D eigenvalue weighted by molar-refractivity contribution is 7.44. The summed E-state index contributed by atoms with van der Waals surface area (Å²) in [5.41, 5.74) is 2.30. The second-order valence-corrected chi connectivity index (χ2v) is 14.8. The summed E-state index contributed by atoms with van der Waals surface area (Å²) < 4.78 is 41.6. The number of nitrogens with zero attached hydrogens (tertiary/aromatic N) is 3. The summed E-state index contributed by atoms with van der Waals surface area (Å²) in [7, 11) is -1.61. The number of ether oxygens (including phenoxy) is 4. The van der Waals surface area contributed by atoms with Crippen molar-refractivity contribution in [1.82, 2.24) is 14.2 Å². The van der Waals surface area contributed by atoms with E-state index in [0.717, 1.165) is 16.7 Å². The summed E-state index contributed by atoms with van der Waals surface area (Å²) in [5.74, 6) is 1.29. The zero-order valence-electron chi connectivity index (χ0n) is 31.0. The maximum Gasteiger partial charge on any atom is 0.330 e. The minimum Gasteiger partial charge on any atom is -0.489 e. The van der Waals surface area contributed by atoms with E-state index in [-0.39, 0.29) is 38.3 Å². The highest BCUT2D eigenvalue weighted by Crippen LogP contribution is 2.50. The Morgan fingerprint density at radius 3 is 2.08 bits per heavy atom. The van der Waals surface area contributed by atoms with Crippen molar-refractivity contribution < 1.29 is 28.0 Å². The highest BCUT2D eigenvalue weighted by atomic mass is 31.2. The molecule has 282 valence electrons. The number of aromatic nitrogens is 2. The summed E-state index contributed by atoms with van der Waals surface area (Å²) in [6.07, 6.45) is 0.204. The molecule has 0 saturated carbocycles. The second kappa shape index (κ2) is 19.7. The number of hydrogen-bond donors (Lipinski definition) is 1. The van der Waals surface area contributed by atoms with Crippen LogP contribution in [0.25, 0.3) is 0 Å². The average Bonchev–Trinajstić information content (AvgIpc) is 3.53. The Morgan fingerprint density at radius 1 is 0.906 bits per heavy atom. The highest BCUT2D eigenvalue weighted by Gasteiger charge is 2.41. The first-order valence-corrected chi connectivity index (χ1v) is 19.0. The van der Waals surface area contributed by atoms with Gasteiger partial charge in [0, 0.05) is 36.3 Å². The molecule has 0 spiro atoms. The molecule has 1 aliphatic heterocycles. The number of benzene rings is 3. The van der Waals surface area contributed by atoms with Gasteiger partial charge >= 0.3 is 5.69 Å². The van der Waals surface area contributed by atoms with Crippen LogP contribution in [0.1, 0.15) is 69.0 Å². The molecule has 1 unspecified atom stereocenters. The number of H-pyrrole nitrogens is 1. The van der Waals surface area contributed by atoms with E-state index in [1.54, 1.807) is 6.92 Å². The Kier molecular flexibility index (Phi) is 14.8. The Labute approximate surface area is 312 Å². The first-order chi connectivity index (χ1) is 25.6. The van der Waals surface area contributed by atoms with Gasteiger partial charge in [-0.25, -0.2) is 9.46 Å². The molecule has 0 radical (unpaired) electrons. The Balaban J connectivity index is 1.35. The second-order valence-electron chi connectivity index (χ2n) is 13.4. The molecule has 1 aliphatic rings. The largest absolute Gasteiger partial charge is 0.489 e. The van der Waals surface area contributed by atoms with E-state index in [1.807, 2.05) is 78.9 Å². The smallest absolute Gasteiger partial charge is 0.330 e. The number of nitrogens with one attached hydrogen (secondary N) is 1. The summed E-state index contributed by atoms with van der Waals surface area (Å²) in [6, 6.07) is 27.9. The fourth-order valence-electron chi connectivity index (χ4n) is 6.00. The molecule has 13 heteroatoms. The number of rotatable bonds is 19. The predicted octanol–water partition coefficient (Wildman–Crippen LogP) is 7.17. The maximum absolute atomic E-state index is 12.9. The van der Waals surface area contributed by atoms with Crippen LogP contribution in [0.15, 0.2) is 94.6 Å². The van der Waals surface area contributed by atoms with Crippen LogP contribution >= 0.6 is 8.53 Å². The van der Waals surface area contributed by atoms with Crippen LogP contribution in [0.3, 0.4) is 0 Å². The van der Waals surface area contributed by atoms with Gasteiger partial charge < -0.3 is 28.0 Å². The molecule has 5 rings (SSSR count). The third-order valence-corrected chi connectivity index (χ3v) is 10.7. The van der Waals surface area contributed by atoms with E-state index in [2.05, 4.69) is 43.4 Å². The zero-order valence-corrected chi connectivity index (χ0v) is 31.9. The van der Waals surface area contributed by atoms with Crippen LogP contribution in [0.2, 0.25) is 0 Å². The van der Waals surface area contributed by atoms with Gasteiger partial charge in [-0.15, -0.1) is 0 Å². The van der Waals surface area contributed by atoms with Crippen molar-refractivity contribution in [3.63, 3.8) is 0 Å². The fraction of sp³-hybridized carbons (Fsp3) is 0.425. The van der Waals surface area contributed by atoms with Gasteiger partial charge in [0.1, 0.15) is 37.0 Å². The lowest BCUT2D eigenvalue weighted by atomic mass is 10.2. The van der Waals surface area contributed by atoms with Crippen molar-refractivity contribution in [3.8, 4) is 17.6 Å². The van der Waals surface area contributed by atoms with E-state index in [1.165, 1.54) is 10.8 Å². The molecule has 1 aromatic heterocycles. The molecular formula is C40H49N4O8P. The summed E-state index contributed by atoms with van der Waals surface area (Å²) >= 11 is 0. The van der Waals surface area contributed by atoms with E-state index in [9.17, 15) is 14.9 Å². The Bertz CT molecular complexity index is 1830. The molecule has 4 aromatic rings. The number of hydrogen-bond acceptors (Lipinski definition) is 10. The molecule has 0 aliphatic carbocycles. The van der Waals surface area contributed by atoms with Crippen molar-refractivity contribution in [1.29, 1.82) is 5.26 Å². The fourth-order valence-corrected chi connectivity index (χ4v) is 7.76. The number of nitriles is 1. The monoisotopic (exact) mass is 744 g/mol. The molecule has 53 heavy (non-hydrogen) atoms. The molecular weight excluding hydrogens is 695 g/mol. The van der Waals surface area contributed by atoms with Gasteiger partial charge in [-0.2, -0.15) is 5.26 Å². The molecule has 0 amide bonds. The van der Waals surface area contributed by atoms with Gasteiger partial charge in [-0.3, -0.25) is 14.3 Å². The topological polar surface area (TPSA) is 137 Å². The van der Waals surface area contributed by atoms with Crippen LogP contribution in [0, 0.1) is 18.3 Å². The molecule has 2 heterocycles. The number of aryl methyl sites for hydroxylation is 1. The van der Waals surface area contributed by atoms with E-state index in [4.69, 9.17) is 28.0 Å². The summed E-state index contributed by atoms with van der Waals surface area (Å²) in [4.78, 5) is 27.4. The minimum atomic E-state index is -1.61. The van der Waals surface area contributed by atoms with Gasteiger partial charge in [0.2, 0.25) is 0 Å². The lowest BCUT2D eigenvalue weighted by molar-refractivity contribution is -0.0647. The first-order valence-electron chi connectivity index (χ1n) is 17.9. The lowest BCUT2D eigenvalue weighted by Gasteiger charge is -2.37. The van der Waals surface area contributed by atoms with Crippen LogP contribution in [-0.2, 0) is 38.3 Å². The normalized spacial score (nSPS) is 17.7. The van der Waals surface area contributed by atoms with Crippen LogP contribution in [0.4, 0.5) is 0 Å². The summed E-state index contributed by atoms with van der Waals surface area (Å²) in [6.45, 7) is 11.3. The molecule has 1 N–H and O–H groups in total. The molecule has 3 aromatic carbocycles. The zero-order chi connectivity index (χ0) is 37.7. The quantitative estimate of drug-likeness (QED) is 0.0777.